The molecule has 1 fully saturated rings. The maximum atomic E-state index is 6.13. The van der Waals surface area contributed by atoms with Crippen molar-refractivity contribution in [3.63, 3.8) is 0 Å². The number of hydrogen-bond acceptors (Lipinski definition) is 2. The molecule has 0 bridgehead atoms. The molecule has 0 amide bonds. The van der Waals surface area contributed by atoms with Crippen molar-refractivity contribution in [2.24, 2.45) is 0 Å². The Kier molecular flexibility index (Phi) is 10.2. The van der Waals surface area contributed by atoms with Crippen molar-refractivity contribution < 1.29 is 0 Å². The molecule has 1 aromatic rings. The molecule has 0 aromatic heterocycles. The highest BCUT2D eigenvalue weighted by Crippen LogP contribution is 2.31. The second-order valence-corrected chi connectivity index (χ2v) is 5.58. The third kappa shape index (κ3) is 5.25. The molecule has 0 unspecified atom stereocenters. The number of hydrogen-bond donors (Lipinski definition) is 1. The molecule has 0 saturated carbocycles. The van der Waals surface area contributed by atoms with Gasteiger partial charge in [0, 0.05) is 32.2 Å². The molecule has 2 nitrogen and oxygen atoms in total. The third-order valence-electron chi connectivity index (χ3n) is 3.48. The first kappa shape index (κ1) is 20.3. The summed E-state index contributed by atoms with van der Waals surface area (Å²) in [5.74, 6) is 0. The van der Waals surface area contributed by atoms with Gasteiger partial charge in [0.1, 0.15) is 0 Å². The van der Waals surface area contributed by atoms with Gasteiger partial charge in [-0.1, -0.05) is 42.6 Å². The Labute approximate surface area is 144 Å². The van der Waals surface area contributed by atoms with Gasteiger partial charge in [-0.25, -0.2) is 0 Å². The highest BCUT2D eigenvalue weighted by Gasteiger charge is 2.21. The Bertz CT molecular complexity index is 395. The van der Waals surface area contributed by atoms with Crippen LogP contribution in [-0.2, 0) is 0 Å². The predicted octanol–water partition coefficient (Wildman–Crippen LogP) is 4.58. The Morgan fingerprint density at radius 1 is 1.15 bits per heavy atom. The zero-order chi connectivity index (χ0) is 13.0. The van der Waals surface area contributed by atoms with Crippen LogP contribution in [0, 0.1) is 0 Å². The Morgan fingerprint density at radius 2 is 1.80 bits per heavy atom. The SMILES string of the molecule is CCC[C@@H](c1ccc(Cl)c(Cl)c1)N1CCNCC1.Cl.Cl. The average Bonchev–Trinajstić information content (AvgIpc) is 2.40. The number of nitrogens with zero attached hydrogens (tertiary/aromatic N) is 1. The van der Waals surface area contributed by atoms with Gasteiger partial charge in [0.2, 0.25) is 0 Å². The van der Waals surface area contributed by atoms with Crippen molar-refractivity contribution in [3.05, 3.63) is 33.8 Å². The summed E-state index contributed by atoms with van der Waals surface area (Å²) in [6.45, 7) is 6.58. The van der Waals surface area contributed by atoms with Crippen LogP contribution in [0.5, 0.6) is 0 Å². The van der Waals surface area contributed by atoms with Crippen LogP contribution >= 0.6 is 48.0 Å². The molecule has 116 valence electrons. The van der Waals surface area contributed by atoms with Crippen LogP contribution in [0.3, 0.4) is 0 Å². The number of benzene rings is 1. The van der Waals surface area contributed by atoms with Gasteiger partial charge in [0.15, 0.2) is 0 Å². The van der Waals surface area contributed by atoms with E-state index in [4.69, 9.17) is 23.2 Å². The van der Waals surface area contributed by atoms with Crippen molar-refractivity contribution in [2.75, 3.05) is 26.2 Å². The van der Waals surface area contributed by atoms with E-state index in [1.807, 2.05) is 12.1 Å². The van der Waals surface area contributed by atoms with Gasteiger partial charge in [-0.05, 0) is 24.1 Å². The fourth-order valence-corrected chi connectivity index (χ4v) is 2.85. The Morgan fingerprint density at radius 3 is 2.35 bits per heavy atom. The van der Waals surface area contributed by atoms with E-state index in [1.165, 1.54) is 12.0 Å². The van der Waals surface area contributed by atoms with Gasteiger partial charge in [0.25, 0.3) is 0 Å². The van der Waals surface area contributed by atoms with Crippen LogP contribution in [-0.4, -0.2) is 31.1 Å². The van der Waals surface area contributed by atoms with E-state index in [0.29, 0.717) is 16.1 Å². The molecule has 1 N–H and O–H groups in total. The molecule has 0 aliphatic carbocycles. The highest BCUT2D eigenvalue weighted by atomic mass is 35.5. The largest absolute Gasteiger partial charge is 0.314 e. The lowest BCUT2D eigenvalue weighted by molar-refractivity contribution is 0.164. The minimum Gasteiger partial charge on any atom is -0.314 e. The van der Waals surface area contributed by atoms with E-state index in [-0.39, 0.29) is 24.8 Å². The lowest BCUT2D eigenvalue weighted by Gasteiger charge is -2.35. The van der Waals surface area contributed by atoms with Gasteiger partial charge >= 0.3 is 0 Å². The van der Waals surface area contributed by atoms with Crippen molar-refractivity contribution in [3.8, 4) is 0 Å². The lowest BCUT2D eigenvalue weighted by Crippen LogP contribution is -2.45. The van der Waals surface area contributed by atoms with Crippen molar-refractivity contribution >= 4 is 48.0 Å². The normalized spacial score (nSPS) is 16.9. The summed E-state index contributed by atoms with van der Waals surface area (Å²) in [6.07, 6.45) is 2.34. The summed E-state index contributed by atoms with van der Waals surface area (Å²) in [7, 11) is 0. The molecule has 1 saturated heterocycles. The second-order valence-electron chi connectivity index (χ2n) is 4.76. The maximum Gasteiger partial charge on any atom is 0.0595 e. The predicted molar refractivity (Wildman–Crippen MR) is 93.0 cm³/mol. The summed E-state index contributed by atoms with van der Waals surface area (Å²) in [4.78, 5) is 2.54. The summed E-state index contributed by atoms with van der Waals surface area (Å²) >= 11 is 12.1. The van der Waals surface area contributed by atoms with E-state index in [1.54, 1.807) is 0 Å². The van der Waals surface area contributed by atoms with E-state index in [0.717, 1.165) is 32.6 Å². The van der Waals surface area contributed by atoms with Crippen LogP contribution in [0.2, 0.25) is 10.0 Å². The molecule has 2 rings (SSSR count). The van der Waals surface area contributed by atoms with Crippen LogP contribution in [0.4, 0.5) is 0 Å². The summed E-state index contributed by atoms with van der Waals surface area (Å²) in [5.41, 5.74) is 1.29. The molecule has 0 spiro atoms. The van der Waals surface area contributed by atoms with E-state index >= 15 is 0 Å². The van der Waals surface area contributed by atoms with E-state index < -0.39 is 0 Å². The van der Waals surface area contributed by atoms with Crippen molar-refractivity contribution in [1.82, 2.24) is 10.2 Å². The summed E-state index contributed by atoms with van der Waals surface area (Å²) in [5, 5.41) is 4.69. The third-order valence-corrected chi connectivity index (χ3v) is 4.22. The van der Waals surface area contributed by atoms with Gasteiger partial charge < -0.3 is 5.32 Å². The molecule has 1 aliphatic rings. The van der Waals surface area contributed by atoms with Gasteiger partial charge in [0.05, 0.1) is 10.0 Å². The van der Waals surface area contributed by atoms with Gasteiger partial charge in [-0.2, -0.15) is 0 Å². The van der Waals surface area contributed by atoms with E-state index in [2.05, 4.69) is 23.2 Å². The molecule has 6 heteroatoms. The summed E-state index contributed by atoms with van der Waals surface area (Å²) in [6, 6.07) is 6.50. The zero-order valence-corrected chi connectivity index (χ0v) is 14.7. The minimum absolute atomic E-state index is 0. The molecule has 1 aliphatic heterocycles. The second kappa shape index (κ2) is 10.1. The highest BCUT2D eigenvalue weighted by molar-refractivity contribution is 6.42. The van der Waals surface area contributed by atoms with Crippen LogP contribution in [0.25, 0.3) is 0 Å². The number of rotatable bonds is 4. The monoisotopic (exact) mass is 358 g/mol. The quantitative estimate of drug-likeness (QED) is 0.846. The zero-order valence-electron chi connectivity index (χ0n) is 11.6. The maximum absolute atomic E-state index is 6.13. The molecule has 1 atom stereocenters. The van der Waals surface area contributed by atoms with Crippen LogP contribution < -0.4 is 5.32 Å². The Balaban J connectivity index is 0.00000180. The molecule has 0 radical (unpaired) electrons. The summed E-state index contributed by atoms with van der Waals surface area (Å²) < 4.78 is 0. The van der Waals surface area contributed by atoms with Crippen LogP contribution in [0.1, 0.15) is 31.4 Å². The van der Waals surface area contributed by atoms with Crippen molar-refractivity contribution in [2.45, 2.75) is 25.8 Å². The smallest absolute Gasteiger partial charge is 0.0595 e. The van der Waals surface area contributed by atoms with Gasteiger partial charge in [-0.3, -0.25) is 4.90 Å². The number of halogens is 4. The first-order valence-corrected chi connectivity index (χ1v) is 7.37. The average molecular weight is 360 g/mol. The Hall–Kier alpha value is 0.300. The fraction of sp³-hybridized carbons (Fsp3) is 0.571. The van der Waals surface area contributed by atoms with Gasteiger partial charge in [-0.15, -0.1) is 24.8 Å². The minimum atomic E-state index is 0. The molecular weight excluding hydrogens is 338 g/mol. The van der Waals surface area contributed by atoms with Crippen LogP contribution in [0.15, 0.2) is 18.2 Å². The number of piperazine rings is 1. The van der Waals surface area contributed by atoms with Crippen molar-refractivity contribution in [1.29, 1.82) is 0 Å². The molecule has 1 heterocycles. The van der Waals surface area contributed by atoms with E-state index in [9.17, 15) is 0 Å². The lowest BCUT2D eigenvalue weighted by atomic mass is 10.00. The topological polar surface area (TPSA) is 15.3 Å². The molecule has 1 aromatic carbocycles. The number of nitrogens with one attached hydrogen (secondary N) is 1. The molecule has 20 heavy (non-hydrogen) atoms. The standard InChI is InChI=1S/C14H20Cl2N2.2ClH/c1-2-3-14(18-8-6-17-7-9-18)11-4-5-12(15)13(16)10-11;;/h4-5,10,14,17H,2-3,6-9H2,1H3;2*1H/t14-;;/m0../s1. The fourth-order valence-electron chi connectivity index (χ4n) is 2.55. The first-order valence-electron chi connectivity index (χ1n) is 6.62. The molecular formula is C14H22Cl4N2. The first-order chi connectivity index (χ1) is 8.72.